The molecule has 0 aliphatic rings. The molecule has 0 aromatic heterocycles. The van der Waals surface area contributed by atoms with Crippen molar-refractivity contribution in [3.05, 3.63) is 47.5 Å². The SMILES string of the molecule is COc1ccc(OC)c(NC(N)=NCCSc2ccc(Cl)cc2)c1. The predicted octanol–water partition coefficient (Wildman–Crippen LogP) is 3.88. The van der Waals surface area contributed by atoms with E-state index in [9.17, 15) is 0 Å². The Morgan fingerprint density at radius 3 is 2.58 bits per heavy atom. The molecule has 2 rings (SSSR count). The molecule has 2 aromatic rings. The van der Waals surface area contributed by atoms with Gasteiger partial charge in [0, 0.05) is 21.7 Å². The lowest BCUT2D eigenvalue weighted by atomic mass is 10.2. The molecule has 0 unspecified atom stereocenters. The van der Waals surface area contributed by atoms with Gasteiger partial charge in [-0.2, -0.15) is 0 Å². The number of nitrogens with one attached hydrogen (secondary N) is 1. The highest BCUT2D eigenvalue weighted by Crippen LogP contribution is 2.28. The maximum absolute atomic E-state index is 5.94. The summed E-state index contributed by atoms with van der Waals surface area (Å²) >= 11 is 7.56. The van der Waals surface area contributed by atoms with Crippen LogP contribution in [0.15, 0.2) is 52.4 Å². The lowest BCUT2D eigenvalue weighted by Crippen LogP contribution is -2.23. The number of methoxy groups -OCH3 is 2. The molecule has 0 saturated heterocycles. The fourth-order valence-corrected chi connectivity index (χ4v) is 2.82. The Bertz CT molecular complexity index is 693. The second-order valence-corrected chi connectivity index (χ2v) is 6.37. The van der Waals surface area contributed by atoms with E-state index in [1.165, 1.54) is 0 Å². The smallest absolute Gasteiger partial charge is 0.193 e. The van der Waals surface area contributed by atoms with Gasteiger partial charge in [-0.3, -0.25) is 4.99 Å². The third kappa shape index (κ3) is 5.54. The van der Waals surface area contributed by atoms with Gasteiger partial charge in [0.05, 0.1) is 26.5 Å². The van der Waals surface area contributed by atoms with Gasteiger partial charge in [0.1, 0.15) is 11.5 Å². The summed E-state index contributed by atoms with van der Waals surface area (Å²) in [4.78, 5) is 5.47. The highest BCUT2D eigenvalue weighted by molar-refractivity contribution is 7.99. The van der Waals surface area contributed by atoms with Crippen LogP contribution < -0.4 is 20.5 Å². The number of guanidine groups is 1. The van der Waals surface area contributed by atoms with Gasteiger partial charge in [-0.05, 0) is 36.4 Å². The molecule has 7 heteroatoms. The number of nitrogens with two attached hydrogens (primary N) is 1. The van der Waals surface area contributed by atoms with Crippen LogP contribution in [-0.4, -0.2) is 32.5 Å². The van der Waals surface area contributed by atoms with Crippen LogP contribution >= 0.6 is 23.4 Å². The van der Waals surface area contributed by atoms with Crippen LogP contribution in [0.25, 0.3) is 0 Å². The van der Waals surface area contributed by atoms with E-state index in [4.69, 9.17) is 26.8 Å². The van der Waals surface area contributed by atoms with Crippen LogP contribution in [0.2, 0.25) is 5.02 Å². The summed E-state index contributed by atoms with van der Waals surface area (Å²) in [6.07, 6.45) is 0. The summed E-state index contributed by atoms with van der Waals surface area (Å²) in [5.74, 6) is 2.53. The molecule has 3 N–H and O–H groups in total. The van der Waals surface area contributed by atoms with Gasteiger partial charge in [-0.25, -0.2) is 0 Å². The van der Waals surface area contributed by atoms with Crippen molar-refractivity contribution in [3.8, 4) is 11.5 Å². The summed E-state index contributed by atoms with van der Waals surface area (Å²) in [6, 6.07) is 13.2. The number of rotatable bonds is 7. The van der Waals surface area contributed by atoms with Gasteiger partial charge >= 0.3 is 0 Å². The molecule has 0 aliphatic carbocycles. The van der Waals surface area contributed by atoms with Crippen LogP contribution in [0.1, 0.15) is 0 Å². The summed E-state index contributed by atoms with van der Waals surface area (Å²) in [5, 5.41) is 3.77. The van der Waals surface area contributed by atoms with Crippen molar-refractivity contribution in [2.24, 2.45) is 10.7 Å². The molecule has 0 bridgehead atoms. The zero-order chi connectivity index (χ0) is 17.4. The molecule has 0 spiro atoms. The number of nitrogens with zero attached hydrogens (tertiary/aromatic N) is 1. The average Bonchev–Trinajstić information content (AvgIpc) is 2.60. The Balaban J connectivity index is 1.88. The first-order chi connectivity index (χ1) is 11.6. The first-order valence-corrected chi connectivity index (χ1v) is 8.66. The van der Waals surface area contributed by atoms with Crippen molar-refractivity contribution >= 4 is 35.0 Å². The number of hydrogen-bond acceptors (Lipinski definition) is 4. The van der Waals surface area contributed by atoms with Gasteiger partial charge in [0.15, 0.2) is 5.96 Å². The van der Waals surface area contributed by atoms with E-state index in [1.54, 1.807) is 26.0 Å². The van der Waals surface area contributed by atoms with Gasteiger partial charge in [-0.15, -0.1) is 11.8 Å². The van der Waals surface area contributed by atoms with Gasteiger partial charge in [-0.1, -0.05) is 11.6 Å². The van der Waals surface area contributed by atoms with E-state index in [0.717, 1.165) is 15.7 Å². The molecule has 0 fully saturated rings. The van der Waals surface area contributed by atoms with Crippen LogP contribution in [-0.2, 0) is 0 Å². The molecule has 0 aliphatic heterocycles. The third-order valence-corrected chi connectivity index (χ3v) is 4.37. The van der Waals surface area contributed by atoms with E-state index in [-0.39, 0.29) is 0 Å². The Labute approximate surface area is 151 Å². The van der Waals surface area contributed by atoms with Crippen LogP contribution in [0.3, 0.4) is 0 Å². The van der Waals surface area contributed by atoms with E-state index in [0.29, 0.717) is 29.7 Å². The normalized spacial score (nSPS) is 11.2. The molecular weight excluding hydrogens is 346 g/mol. The van der Waals surface area contributed by atoms with E-state index in [2.05, 4.69) is 10.3 Å². The highest BCUT2D eigenvalue weighted by Gasteiger charge is 2.06. The number of anilines is 1. The minimum absolute atomic E-state index is 0.332. The zero-order valence-corrected chi connectivity index (χ0v) is 15.2. The topological polar surface area (TPSA) is 68.9 Å². The molecule has 0 heterocycles. The average molecular weight is 366 g/mol. The summed E-state index contributed by atoms with van der Waals surface area (Å²) in [7, 11) is 3.21. The van der Waals surface area contributed by atoms with Gasteiger partial charge < -0.3 is 20.5 Å². The summed E-state index contributed by atoms with van der Waals surface area (Å²) < 4.78 is 10.5. The number of aliphatic imine (C=N–C) groups is 1. The quantitative estimate of drug-likeness (QED) is 0.337. The number of benzene rings is 2. The second-order valence-electron chi connectivity index (χ2n) is 4.76. The molecule has 2 aromatic carbocycles. The lowest BCUT2D eigenvalue weighted by molar-refractivity contribution is 0.405. The molecule has 128 valence electrons. The van der Waals surface area contributed by atoms with E-state index < -0.39 is 0 Å². The Morgan fingerprint density at radius 2 is 1.92 bits per heavy atom. The number of thioether (sulfide) groups is 1. The van der Waals surface area contributed by atoms with E-state index in [1.807, 2.05) is 42.5 Å². The largest absolute Gasteiger partial charge is 0.497 e. The second kappa shape index (κ2) is 9.30. The van der Waals surface area contributed by atoms with Crippen molar-refractivity contribution < 1.29 is 9.47 Å². The molecular formula is C17H20ClN3O2S. The third-order valence-electron chi connectivity index (χ3n) is 3.13. The van der Waals surface area contributed by atoms with Crippen molar-refractivity contribution in [2.45, 2.75) is 4.90 Å². The number of ether oxygens (including phenoxy) is 2. The van der Waals surface area contributed by atoms with Gasteiger partial charge in [0.25, 0.3) is 0 Å². The van der Waals surface area contributed by atoms with Gasteiger partial charge in [0.2, 0.25) is 0 Å². The maximum atomic E-state index is 5.94. The zero-order valence-electron chi connectivity index (χ0n) is 13.6. The minimum atomic E-state index is 0.332. The standard InChI is InChI=1S/C17H20ClN3O2S/c1-22-13-5-8-16(23-2)15(11-13)21-17(19)20-9-10-24-14-6-3-12(18)4-7-14/h3-8,11H,9-10H2,1-2H3,(H3,19,20,21). The predicted molar refractivity (Wildman–Crippen MR) is 102 cm³/mol. The molecule has 0 radical (unpaired) electrons. The first kappa shape index (κ1) is 18.3. The van der Waals surface area contributed by atoms with Crippen molar-refractivity contribution in [2.75, 3.05) is 31.8 Å². The van der Waals surface area contributed by atoms with Crippen molar-refractivity contribution in [1.82, 2.24) is 0 Å². The van der Waals surface area contributed by atoms with Crippen molar-refractivity contribution in [3.63, 3.8) is 0 Å². The Kier molecular flexibility index (Phi) is 7.08. The fraction of sp³-hybridized carbons (Fsp3) is 0.235. The van der Waals surface area contributed by atoms with E-state index >= 15 is 0 Å². The maximum Gasteiger partial charge on any atom is 0.193 e. The molecule has 5 nitrogen and oxygen atoms in total. The lowest BCUT2D eigenvalue weighted by Gasteiger charge is -2.12. The number of hydrogen-bond donors (Lipinski definition) is 2. The summed E-state index contributed by atoms with van der Waals surface area (Å²) in [5.41, 5.74) is 6.65. The fourth-order valence-electron chi connectivity index (χ4n) is 1.95. The molecule has 0 saturated carbocycles. The van der Waals surface area contributed by atoms with Crippen LogP contribution in [0.5, 0.6) is 11.5 Å². The first-order valence-electron chi connectivity index (χ1n) is 7.29. The Morgan fingerprint density at radius 1 is 1.17 bits per heavy atom. The van der Waals surface area contributed by atoms with Crippen LogP contribution in [0, 0.1) is 0 Å². The minimum Gasteiger partial charge on any atom is -0.497 e. The monoisotopic (exact) mass is 365 g/mol. The molecule has 0 atom stereocenters. The molecule has 0 amide bonds. The molecule has 24 heavy (non-hydrogen) atoms. The van der Waals surface area contributed by atoms with Crippen LogP contribution in [0.4, 0.5) is 5.69 Å². The van der Waals surface area contributed by atoms with Crippen molar-refractivity contribution in [1.29, 1.82) is 0 Å². The summed E-state index contributed by atoms with van der Waals surface area (Å²) in [6.45, 7) is 0.596. The highest BCUT2D eigenvalue weighted by atomic mass is 35.5. The Hall–Kier alpha value is -2.05. The number of halogens is 1.